The van der Waals surface area contributed by atoms with E-state index in [1.54, 1.807) is 0 Å². The molecule has 9 nitrogen and oxygen atoms in total. The molecule has 2 atom stereocenters. The number of nitrogen functional groups attached to an aromatic ring is 1. The number of aromatic nitrogens is 2. The Morgan fingerprint density at radius 1 is 1.12 bits per heavy atom. The number of nitrogens with zero attached hydrogens (tertiary/aromatic N) is 3. The van der Waals surface area contributed by atoms with Gasteiger partial charge in [0.05, 0.1) is 0 Å². The van der Waals surface area contributed by atoms with Crippen LogP contribution >= 0.6 is 12.2 Å². The molecular weight excluding hydrogens is 532 g/mol. The number of hydrogen-bond donors (Lipinski definition) is 5. The maximum atomic E-state index is 7.72. The topological polar surface area (TPSA) is 128 Å². The third-order valence-corrected chi connectivity index (χ3v) is 7.83. The molecule has 214 valence electrons. The SMILES string of the molecule is CCN1CCC(C(CCc2cc3cc(C(=N)N)ccc3o2)Nc2cc(C)nc(NC(=S)Nc3ccc(C)cc3)n2)C1. The van der Waals surface area contributed by atoms with Gasteiger partial charge in [-0.3, -0.25) is 5.41 Å². The summed E-state index contributed by atoms with van der Waals surface area (Å²) in [6, 6.07) is 17.9. The van der Waals surface area contributed by atoms with Crippen LogP contribution in [0.5, 0.6) is 0 Å². The van der Waals surface area contributed by atoms with E-state index in [1.165, 1.54) is 5.56 Å². The molecule has 0 spiro atoms. The highest BCUT2D eigenvalue weighted by Crippen LogP contribution is 2.28. The second-order valence-corrected chi connectivity index (χ2v) is 11.2. The zero-order valence-electron chi connectivity index (χ0n) is 23.8. The van der Waals surface area contributed by atoms with Gasteiger partial charge in [-0.1, -0.05) is 24.6 Å². The fraction of sp³-hybridized carbons (Fsp3) is 0.355. The highest BCUT2D eigenvalue weighted by atomic mass is 32.1. The summed E-state index contributed by atoms with van der Waals surface area (Å²) in [7, 11) is 0. The van der Waals surface area contributed by atoms with E-state index in [2.05, 4.69) is 45.7 Å². The van der Waals surface area contributed by atoms with Gasteiger partial charge in [0.15, 0.2) is 5.11 Å². The van der Waals surface area contributed by atoms with Gasteiger partial charge < -0.3 is 31.0 Å². The molecule has 0 amide bonds. The number of hydrogen-bond acceptors (Lipinski definition) is 7. The molecule has 5 rings (SSSR count). The van der Waals surface area contributed by atoms with Crippen molar-refractivity contribution < 1.29 is 4.42 Å². The Balaban J connectivity index is 1.30. The number of nitrogens with two attached hydrogens (primary N) is 1. The zero-order chi connectivity index (χ0) is 28.9. The Morgan fingerprint density at radius 2 is 1.93 bits per heavy atom. The molecule has 0 bridgehead atoms. The number of aryl methyl sites for hydroxylation is 3. The summed E-state index contributed by atoms with van der Waals surface area (Å²) in [5.74, 6) is 2.69. The lowest BCUT2D eigenvalue weighted by atomic mass is 9.94. The molecule has 1 saturated heterocycles. The number of thiocarbonyl (C=S) groups is 1. The van der Waals surface area contributed by atoms with Crippen molar-refractivity contribution in [3.63, 3.8) is 0 Å². The van der Waals surface area contributed by atoms with Crippen LogP contribution in [-0.4, -0.2) is 51.5 Å². The van der Waals surface area contributed by atoms with Crippen molar-refractivity contribution in [1.29, 1.82) is 5.41 Å². The van der Waals surface area contributed by atoms with E-state index in [-0.39, 0.29) is 11.9 Å². The van der Waals surface area contributed by atoms with Crippen LogP contribution in [0.25, 0.3) is 11.0 Å². The predicted octanol–water partition coefficient (Wildman–Crippen LogP) is 5.69. The van der Waals surface area contributed by atoms with Crippen molar-refractivity contribution in [2.75, 3.05) is 35.6 Å². The van der Waals surface area contributed by atoms with E-state index in [0.717, 1.165) is 72.8 Å². The first-order chi connectivity index (χ1) is 19.7. The lowest BCUT2D eigenvalue weighted by molar-refractivity contribution is 0.327. The fourth-order valence-corrected chi connectivity index (χ4v) is 5.59. The number of fused-ring (bicyclic) bond motifs is 1. The lowest BCUT2D eigenvalue weighted by Gasteiger charge is -2.26. The van der Waals surface area contributed by atoms with E-state index in [0.29, 0.717) is 22.5 Å². The number of anilines is 3. The summed E-state index contributed by atoms with van der Waals surface area (Å²) in [6.07, 6.45) is 2.80. The van der Waals surface area contributed by atoms with Crippen LogP contribution in [-0.2, 0) is 6.42 Å². The number of amidine groups is 1. The van der Waals surface area contributed by atoms with Gasteiger partial charge in [-0.2, -0.15) is 4.98 Å². The molecule has 1 aliphatic heterocycles. The molecular formula is C31H38N8OS. The van der Waals surface area contributed by atoms with Crippen LogP contribution in [0.15, 0.2) is 59.0 Å². The van der Waals surface area contributed by atoms with Crippen LogP contribution < -0.4 is 21.7 Å². The van der Waals surface area contributed by atoms with Crippen molar-refractivity contribution >= 4 is 51.6 Å². The van der Waals surface area contributed by atoms with Gasteiger partial charge in [0.2, 0.25) is 5.95 Å². The molecule has 1 fully saturated rings. The quantitative estimate of drug-likeness (QED) is 0.0928. The van der Waals surface area contributed by atoms with E-state index in [9.17, 15) is 0 Å². The molecule has 2 aromatic heterocycles. The second-order valence-electron chi connectivity index (χ2n) is 10.8. The number of rotatable bonds is 10. The number of likely N-dealkylation sites (tertiary alicyclic amines) is 1. The van der Waals surface area contributed by atoms with E-state index >= 15 is 0 Å². The summed E-state index contributed by atoms with van der Waals surface area (Å²) in [6.45, 7) is 9.44. The second kappa shape index (κ2) is 12.7. The Kier molecular flexibility index (Phi) is 8.80. The Labute approximate surface area is 246 Å². The molecule has 3 heterocycles. The molecule has 41 heavy (non-hydrogen) atoms. The van der Waals surface area contributed by atoms with Crippen molar-refractivity contribution in [2.45, 2.75) is 46.1 Å². The third kappa shape index (κ3) is 7.39. The lowest BCUT2D eigenvalue weighted by Crippen LogP contribution is -2.33. The monoisotopic (exact) mass is 570 g/mol. The van der Waals surface area contributed by atoms with Gasteiger partial charge in [-0.05, 0) is 94.3 Å². The smallest absolute Gasteiger partial charge is 0.231 e. The zero-order valence-corrected chi connectivity index (χ0v) is 24.6. The molecule has 2 aromatic carbocycles. The number of benzene rings is 2. The van der Waals surface area contributed by atoms with Crippen molar-refractivity contribution in [3.8, 4) is 0 Å². The molecule has 0 saturated carbocycles. The summed E-state index contributed by atoms with van der Waals surface area (Å²) in [4.78, 5) is 11.8. The average molecular weight is 571 g/mol. The van der Waals surface area contributed by atoms with Gasteiger partial charge >= 0.3 is 0 Å². The minimum Gasteiger partial charge on any atom is -0.461 e. The largest absolute Gasteiger partial charge is 0.461 e. The summed E-state index contributed by atoms with van der Waals surface area (Å²) >= 11 is 5.53. The first-order valence-corrected chi connectivity index (χ1v) is 14.5. The summed E-state index contributed by atoms with van der Waals surface area (Å²) < 4.78 is 6.14. The standard InChI is InChI=1S/C31H38N8OS/c1-4-39-14-13-22(18-39)26(11-10-25-17-23-16-21(29(32)33)7-12-27(23)40-25)36-28-15-20(3)34-30(37-28)38-31(41)35-24-8-5-19(2)6-9-24/h5-9,12,15-17,22,26H,4,10-11,13-14,18H2,1-3H3,(H3,32,33)(H3,34,35,36,37,38,41). The fourth-order valence-electron chi connectivity index (χ4n) is 5.38. The van der Waals surface area contributed by atoms with Crippen LogP contribution in [0.1, 0.15) is 42.3 Å². The van der Waals surface area contributed by atoms with Gasteiger partial charge in [0, 0.05) is 47.4 Å². The van der Waals surface area contributed by atoms with Crippen LogP contribution in [0, 0.1) is 25.2 Å². The molecule has 0 radical (unpaired) electrons. The number of nitrogens with one attached hydrogen (secondary N) is 4. The van der Waals surface area contributed by atoms with Gasteiger partial charge in [-0.15, -0.1) is 0 Å². The Hall–Kier alpha value is -4.02. The first-order valence-electron chi connectivity index (χ1n) is 14.1. The van der Waals surface area contributed by atoms with Gasteiger partial charge in [0.1, 0.15) is 23.0 Å². The van der Waals surface area contributed by atoms with E-state index in [4.69, 9.17) is 32.8 Å². The van der Waals surface area contributed by atoms with Crippen LogP contribution in [0.2, 0.25) is 0 Å². The minimum absolute atomic E-state index is 0.0568. The molecule has 6 N–H and O–H groups in total. The highest BCUT2D eigenvalue weighted by molar-refractivity contribution is 7.80. The van der Waals surface area contributed by atoms with Crippen molar-refractivity contribution in [3.05, 3.63) is 77.2 Å². The average Bonchev–Trinajstić information content (AvgIpc) is 3.58. The van der Waals surface area contributed by atoms with Gasteiger partial charge in [0.25, 0.3) is 0 Å². The van der Waals surface area contributed by atoms with Crippen LogP contribution in [0.3, 0.4) is 0 Å². The van der Waals surface area contributed by atoms with Crippen molar-refractivity contribution in [2.24, 2.45) is 11.7 Å². The molecule has 0 aliphatic carbocycles. The van der Waals surface area contributed by atoms with E-state index < -0.39 is 0 Å². The third-order valence-electron chi connectivity index (χ3n) is 7.63. The molecule has 1 aliphatic rings. The highest BCUT2D eigenvalue weighted by Gasteiger charge is 2.29. The van der Waals surface area contributed by atoms with Crippen LogP contribution in [0.4, 0.5) is 17.5 Å². The molecule has 10 heteroatoms. The van der Waals surface area contributed by atoms with E-state index in [1.807, 2.05) is 55.5 Å². The molecule has 2 unspecified atom stereocenters. The Morgan fingerprint density at radius 3 is 2.66 bits per heavy atom. The first kappa shape index (κ1) is 28.5. The minimum atomic E-state index is 0.0568. The van der Waals surface area contributed by atoms with Gasteiger partial charge in [-0.25, -0.2) is 4.98 Å². The predicted molar refractivity (Wildman–Crippen MR) is 171 cm³/mol. The van der Waals surface area contributed by atoms with Crippen molar-refractivity contribution in [1.82, 2.24) is 14.9 Å². The molecule has 4 aromatic rings. The Bertz CT molecular complexity index is 1530. The maximum Gasteiger partial charge on any atom is 0.231 e. The normalized spacial score (nSPS) is 16.0. The number of furan rings is 1. The summed E-state index contributed by atoms with van der Waals surface area (Å²) in [5, 5.41) is 19.2. The summed E-state index contributed by atoms with van der Waals surface area (Å²) in [5.41, 5.74) is 10.1. The maximum absolute atomic E-state index is 7.72.